The highest BCUT2D eigenvalue weighted by Crippen LogP contribution is 2.18. The van der Waals surface area contributed by atoms with Gasteiger partial charge in [-0.2, -0.15) is 4.31 Å². The molecule has 0 aromatic heterocycles. The first-order valence-electron chi connectivity index (χ1n) is 8.74. The van der Waals surface area contributed by atoms with Crippen LogP contribution in [0.4, 0.5) is 0 Å². The highest BCUT2D eigenvalue weighted by atomic mass is 32.2. The Kier molecular flexibility index (Phi) is 7.37. The van der Waals surface area contributed by atoms with Crippen molar-refractivity contribution in [1.29, 1.82) is 0 Å². The molecule has 25 heavy (non-hydrogen) atoms. The number of sulfonamides is 1. The molecule has 8 heteroatoms. The predicted octanol–water partition coefficient (Wildman–Crippen LogP) is -0.752. The lowest BCUT2D eigenvalue weighted by atomic mass is 10.2. The maximum Gasteiger partial charge on any atom is 0.275 e. The van der Waals surface area contributed by atoms with Gasteiger partial charge >= 0.3 is 0 Å². The molecule has 2 rings (SSSR count). The highest BCUT2D eigenvalue weighted by Gasteiger charge is 2.26. The van der Waals surface area contributed by atoms with E-state index >= 15 is 0 Å². The van der Waals surface area contributed by atoms with Gasteiger partial charge in [0.15, 0.2) is 6.54 Å². The molecule has 1 aromatic carbocycles. The van der Waals surface area contributed by atoms with E-state index in [9.17, 15) is 13.2 Å². The molecular formula is C17H28N3O4S+. The third-order valence-corrected chi connectivity index (χ3v) is 6.14. The Morgan fingerprint density at radius 2 is 2.00 bits per heavy atom. The van der Waals surface area contributed by atoms with Gasteiger partial charge in [-0.3, -0.25) is 4.79 Å². The Morgan fingerprint density at radius 3 is 2.64 bits per heavy atom. The minimum atomic E-state index is -3.49. The van der Waals surface area contributed by atoms with E-state index in [2.05, 4.69) is 5.32 Å². The number of likely N-dealkylation sites (N-methyl/N-ethyl adjacent to an activating group) is 2. The van der Waals surface area contributed by atoms with Crippen molar-refractivity contribution in [2.75, 3.05) is 45.9 Å². The molecule has 0 saturated carbocycles. The minimum Gasteiger partial charge on any atom is -0.379 e. The van der Waals surface area contributed by atoms with Crippen LogP contribution in [0.15, 0.2) is 29.2 Å². The fourth-order valence-electron chi connectivity index (χ4n) is 2.84. The van der Waals surface area contributed by atoms with Gasteiger partial charge in [0.25, 0.3) is 5.91 Å². The van der Waals surface area contributed by atoms with Gasteiger partial charge in [-0.25, -0.2) is 8.42 Å². The number of morpholine rings is 1. The Hall–Kier alpha value is -1.48. The van der Waals surface area contributed by atoms with E-state index in [-0.39, 0.29) is 5.91 Å². The summed E-state index contributed by atoms with van der Waals surface area (Å²) in [6, 6.07) is 7.02. The lowest BCUT2D eigenvalue weighted by molar-refractivity contribution is -0.904. The number of amides is 1. The van der Waals surface area contributed by atoms with Crippen molar-refractivity contribution in [3.63, 3.8) is 0 Å². The molecular weight excluding hydrogens is 342 g/mol. The summed E-state index contributed by atoms with van der Waals surface area (Å²) in [5.41, 5.74) is 0.912. The van der Waals surface area contributed by atoms with Crippen LogP contribution in [0.3, 0.4) is 0 Å². The summed E-state index contributed by atoms with van der Waals surface area (Å²) in [5, 5.41) is 2.80. The van der Waals surface area contributed by atoms with Gasteiger partial charge in [0.1, 0.15) is 6.54 Å². The summed E-state index contributed by atoms with van der Waals surface area (Å²) in [6.45, 7) is 7.93. The normalized spacial score (nSPS) is 17.2. The number of hydrogen-bond donors (Lipinski definition) is 2. The van der Waals surface area contributed by atoms with Crippen LogP contribution in [-0.4, -0.2) is 64.6 Å². The molecule has 0 bridgehead atoms. The maximum atomic E-state index is 12.8. The molecule has 1 aromatic rings. The molecule has 1 aliphatic rings. The van der Waals surface area contributed by atoms with E-state index < -0.39 is 10.0 Å². The molecule has 1 heterocycles. The summed E-state index contributed by atoms with van der Waals surface area (Å²) in [7, 11) is -3.49. The lowest BCUT2D eigenvalue weighted by Gasteiger charge is -2.26. The molecule has 1 aliphatic heterocycles. The second kappa shape index (κ2) is 9.28. The third kappa shape index (κ3) is 5.50. The lowest BCUT2D eigenvalue weighted by Crippen LogP contribution is -3.11. The van der Waals surface area contributed by atoms with Crippen LogP contribution in [-0.2, 0) is 26.1 Å². The van der Waals surface area contributed by atoms with Crippen LogP contribution >= 0.6 is 0 Å². The molecule has 7 nitrogen and oxygen atoms in total. The van der Waals surface area contributed by atoms with Crippen molar-refractivity contribution in [3.05, 3.63) is 29.8 Å². The zero-order valence-electron chi connectivity index (χ0n) is 15.0. The fourth-order valence-corrected chi connectivity index (χ4v) is 4.32. The van der Waals surface area contributed by atoms with E-state index in [0.717, 1.165) is 17.0 Å². The van der Waals surface area contributed by atoms with E-state index in [1.165, 1.54) is 4.31 Å². The summed E-state index contributed by atoms with van der Waals surface area (Å²) < 4.78 is 32.2. The highest BCUT2D eigenvalue weighted by molar-refractivity contribution is 7.89. The van der Waals surface area contributed by atoms with E-state index in [1.54, 1.807) is 18.2 Å². The number of rotatable bonds is 8. The van der Waals surface area contributed by atoms with Crippen LogP contribution in [0.2, 0.25) is 0 Å². The van der Waals surface area contributed by atoms with Crippen LogP contribution in [0.25, 0.3) is 0 Å². The Balaban J connectivity index is 2.10. The first-order valence-corrected chi connectivity index (χ1v) is 10.2. The van der Waals surface area contributed by atoms with Crippen LogP contribution < -0.4 is 10.2 Å². The van der Waals surface area contributed by atoms with Gasteiger partial charge < -0.3 is 15.0 Å². The van der Waals surface area contributed by atoms with Crippen molar-refractivity contribution in [2.45, 2.75) is 25.3 Å². The standard InChI is InChI=1S/C17H27N3O4S/c1-3-18-17(21)14-19(4-2)13-15-6-5-7-16(12-15)25(22,23)20-8-10-24-11-9-20/h5-7,12H,3-4,8-11,13-14H2,1-2H3,(H,18,21)/p+1. The zero-order valence-corrected chi connectivity index (χ0v) is 15.8. The van der Waals surface area contributed by atoms with E-state index in [0.29, 0.717) is 50.8 Å². The smallest absolute Gasteiger partial charge is 0.275 e. The number of carbonyl (C=O) groups is 1. The summed E-state index contributed by atoms with van der Waals surface area (Å²) in [4.78, 5) is 13.2. The minimum absolute atomic E-state index is 0.0106. The fraction of sp³-hybridized carbons (Fsp3) is 0.588. The molecule has 0 aliphatic carbocycles. The molecule has 140 valence electrons. The van der Waals surface area contributed by atoms with Gasteiger partial charge in [0.05, 0.1) is 24.7 Å². The van der Waals surface area contributed by atoms with Crippen molar-refractivity contribution in [2.24, 2.45) is 0 Å². The van der Waals surface area contributed by atoms with Crippen molar-refractivity contribution >= 4 is 15.9 Å². The maximum absolute atomic E-state index is 12.8. The van der Waals surface area contributed by atoms with Crippen LogP contribution in [0, 0.1) is 0 Å². The Labute approximate surface area is 150 Å². The largest absolute Gasteiger partial charge is 0.379 e. The van der Waals surface area contributed by atoms with Gasteiger partial charge in [0.2, 0.25) is 10.0 Å². The van der Waals surface area contributed by atoms with Crippen LogP contribution in [0.5, 0.6) is 0 Å². The zero-order chi connectivity index (χ0) is 18.3. The van der Waals surface area contributed by atoms with E-state index in [1.807, 2.05) is 19.9 Å². The number of ether oxygens (including phenoxy) is 1. The van der Waals surface area contributed by atoms with Gasteiger partial charge in [-0.1, -0.05) is 12.1 Å². The molecule has 0 spiro atoms. The first-order chi connectivity index (χ1) is 12.0. The summed E-state index contributed by atoms with van der Waals surface area (Å²) in [6.07, 6.45) is 0. The molecule has 1 saturated heterocycles. The van der Waals surface area contributed by atoms with Gasteiger partial charge in [0, 0.05) is 25.2 Å². The second-order valence-electron chi connectivity index (χ2n) is 6.07. The van der Waals surface area contributed by atoms with Crippen molar-refractivity contribution in [3.8, 4) is 0 Å². The number of hydrogen-bond acceptors (Lipinski definition) is 4. The number of quaternary nitrogens is 1. The molecule has 1 amide bonds. The predicted molar refractivity (Wildman–Crippen MR) is 94.8 cm³/mol. The average molecular weight is 370 g/mol. The average Bonchev–Trinajstić information content (AvgIpc) is 2.62. The first kappa shape index (κ1) is 19.8. The molecule has 2 N–H and O–H groups in total. The Morgan fingerprint density at radius 1 is 1.28 bits per heavy atom. The topological polar surface area (TPSA) is 80.2 Å². The quantitative estimate of drug-likeness (QED) is 0.631. The number of benzene rings is 1. The molecule has 1 atom stereocenters. The Bertz CT molecular complexity index is 672. The van der Waals surface area contributed by atoms with E-state index in [4.69, 9.17) is 4.74 Å². The number of carbonyl (C=O) groups excluding carboxylic acids is 1. The molecule has 1 unspecified atom stereocenters. The molecule has 1 fully saturated rings. The molecule has 0 radical (unpaired) electrons. The van der Waals surface area contributed by atoms with Crippen LogP contribution in [0.1, 0.15) is 19.4 Å². The van der Waals surface area contributed by atoms with Gasteiger partial charge in [-0.05, 0) is 26.0 Å². The van der Waals surface area contributed by atoms with Gasteiger partial charge in [-0.15, -0.1) is 0 Å². The second-order valence-corrected chi connectivity index (χ2v) is 8.01. The third-order valence-electron chi connectivity index (χ3n) is 4.24. The number of nitrogens with zero attached hydrogens (tertiary/aromatic N) is 1. The monoisotopic (exact) mass is 370 g/mol. The van der Waals surface area contributed by atoms with Crippen molar-refractivity contribution in [1.82, 2.24) is 9.62 Å². The van der Waals surface area contributed by atoms with Crippen molar-refractivity contribution < 1.29 is 22.8 Å². The SMILES string of the molecule is CCNC(=O)C[NH+](CC)Cc1cccc(S(=O)(=O)N2CCOCC2)c1. The summed E-state index contributed by atoms with van der Waals surface area (Å²) in [5.74, 6) is 0.0106. The summed E-state index contributed by atoms with van der Waals surface area (Å²) >= 11 is 0. The number of nitrogens with one attached hydrogen (secondary N) is 2.